The summed E-state index contributed by atoms with van der Waals surface area (Å²) in [5.74, 6) is 2.34. The van der Waals surface area contributed by atoms with E-state index in [0.717, 1.165) is 5.56 Å². The van der Waals surface area contributed by atoms with E-state index in [1.165, 1.54) is 6.07 Å². The van der Waals surface area contributed by atoms with Gasteiger partial charge in [-0.05, 0) is 31.0 Å². The van der Waals surface area contributed by atoms with Gasteiger partial charge in [-0.25, -0.2) is 4.39 Å². The lowest BCUT2D eigenvalue weighted by molar-refractivity contribution is 0.602. The zero-order valence-electron chi connectivity index (χ0n) is 8.47. The van der Waals surface area contributed by atoms with Crippen molar-refractivity contribution in [3.63, 3.8) is 0 Å². The summed E-state index contributed by atoms with van der Waals surface area (Å²) < 4.78 is 13.0. The van der Waals surface area contributed by atoms with E-state index < -0.39 is 0 Å². The van der Waals surface area contributed by atoms with Crippen LogP contribution in [0.25, 0.3) is 0 Å². The van der Waals surface area contributed by atoms with Crippen LogP contribution in [-0.2, 0) is 0 Å². The molecule has 1 unspecified atom stereocenters. The highest BCUT2D eigenvalue weighted by Crippen LogP contribution is 2.15. The lowest BCUT2D eigenvalue weighted by Crippen LogP contribution is -2.18. The molecule has 0 aromatic heterocycles. The lowest BCUT2D eigenvalue weighted by atomic mass is 10.1. The highest BCUT2D eigenvalue weighted by atomic mass is 19.1. The Balaban J connectivity index is 2.76. The molecule has 0 bridgehead atoms. The lowest BCUT2D eigenvalue weighted by Gasteiger charge is -2.12. The molecule has 0 saturated carbocycles. The van der Waals surface area contributed by atoms with Crippen molar-refractivity contribution in [1.82, 2.24) is 5.32 Å². The van der Waals surface area contributed by atoms with Crippen LogP contribution in [0.5, 0.6) is 0 Å². The third-order valence-corrected chi connectivity index (χ3v) is 2.19. The molecule has 0 aliphatic heterocycles. The average molecular weight is 191 g/mol. The summed E-state index contributed by atoms with van der Waals surface area (Å²) in [4.78, 5) is 0. The third-order valence-electron chi connectivity index (χ3n) is 2.19. The molecule has 0 fully saturated rings. The molecule has 0 spiro atoms. The Morgan fingerprint density at radius 3 is 2.86 bits per heavy atom. The van der Waals surface area contributed by atoms with Crippen LogP contribution < -0.4 is 5.32 Å². The first-order chi connectivity index (χ1) is 6.65. The quantitative estimate of drug-likeness (QED) is 0.723. The van der Waals surface area contributed by atoms with Crippen molar-refractivity contribution in [1.29, 1.82) is 0 Å². The van der Waals surface area contributed by atoms with Gasteiger partial charge >= 0.3 is 0 Å². The standard InChI is InChI=1S/C12H14FN/c1-4-7-14-10(3)11-5-6-12(13)9(2)8-11/h1,5-6,8,10,14H,7H2,2-3H3. The fraction of sp³-hybridized carbons (Fsp3) is 0.333. The molecule has 74 valence electrons. The molecule has 0 aliphatic carbocycles. The minimum atomic E-state index is -0.169. The Morgan fingerprint density at radius 1 is 1.57 bits per heavy atom. The Kier molecular flexibility index (Phi) is 3.67. The second-order valence-corrected chi connectivity index (χ2v) is 3.32. The van der Waals surface area contributed by atoms with Crippen molar-refractivity contribution < 1.29 is 4.39 Å². The largest absolute Gasteiger partial charge is 0.300 e. The van der Waals surface area contributed by atoms with Crippen molar-refractivity contribution in [2.24, 2.45) is 0 Å². The van der Waals surface area contributed by atoms with E-state index in [4.69, 9.17) is 6.42 Å². The summed E-state index contributed by atoms with van der Waals surface area (Å²) in [5.41, 5.74) is 1.72. The molecule has 2 heteroatoms. The SMILES string of the molecule is C#CCNC(C)c1ccc(F)c(C)c1. The molecule has 14 heavy (non-hydrogen) atoms. The van der Waals surface area contributed by atoms with Crippen LogP contribution in [0.3, 0.4) is 0 Å². The summed E-state index contributed by atoms with van der Waals surface area (Å²) >= 11 is 0. The fourth-order valence-electron chi connectivity index (χ4n) is 1.27. The summed E-state index contributed by atoms with van der Waals surface area (Å²) in [6.07, 6.45) is 5.14. The predicted octanol–water partition coefficient (Wildman–Crippen LogP) is 2.42. The van der Waals surface area contributed by atoms with Crippen molar-refractivity contribution in [2.75, 3.05) is 6.54 Å². The molecule has 1 rings (SSSR count). The smallest absolute Gasteiger partial charge is 0.126 e. The van der Waals surface area contributed by atoms with Crippen LogP contribution in [-0.4, -0.2) is 6.54 Å². The molecular weight excluding hydrogens is 177 g/mol. The monoisotopic (exact) mass is 191 g/mol. The molecule has 0 heterocycles. The second kappa shape index (κ2) is 4.78. The molecule has 1 N–H and O–H groups in total. The Labute approximate surface area is 84.3 Å². The number of rotatable bonds is 3. The van der Waals surface area contributed by atoms with E-state index >= 15 is 0 Å². The van der Waals surface area contributed by atoms with Crippen LogP contribution in [0.2, 0.25) is 0 Å². The topological polar surface area (TPSA) is 12.0 Å². The van der Waals surface area contributed by atoms with Crippen LogP contribution in [0.15, 0.2) is 18.2 Å². The van der Waals surface area contributed by atoms with Gasteiger partial charge in [0, 0.05) is 6.04 Å². The van der Waals surface area contributed by atoms with Gasteiger partial charge in [0.25, 0.3) is 0 Å². The highest BCUT2D eigenvalue weighted by molar-refractivity contribution is 5.26. The number of hydrogen-bond acceptors (Lipinski definition) is 1. The zero-order chi connectivity index (χ0) is 10.6. The van der Waals surface area contributed by atoms with E-state index in [-0.39, 0.29) is 11.9 Å². The number of benzene rings is 1. The van der Waals surface area contributed by atoms with E-state index in [9.17, 15) is 4.39 Å². The number of terminal acetylenes is 1. The van der Waals surface area contributed by atoms with Gasteiger partial charge in [-0.15, -0.1) is 6.42 Å². The van der Waals surface area contributed by atoms with Gasteiger partial charge in [-0.1, -0.05) is 18.1 Å². The van der Waals surface area contributed by atoms with Gasteiger partial charge in [0.1, 0.15) is 5.82 Å². The molecular formula is C12H14FN. The highest BCUT2D eigenvalue weighted by Gasteiger charge is 2.05. The zero-order valence-corrected chi connectivity index (χ0v) is 8.47. The summed E-state index contributed by atoms with van der Waals surface area (Å²) in [6, 6.07) is 5.25. The van der Waals surface area contributed by atoms with Crippen molar-refractivity contribution in [3.8, 4) is 12.3 Å². The predicted molar refractivity (Wildman–Crippen MR) is 56.4 cm³/mol. The molecule has 1 aromatic carbocycles. The second-order valence-electron chi connectivity index (χ2n) is 3.32. The fourth-order valence-corrected chi connectivity index (χ4v) is 1.27. The number of nitrogens with one attached hydrogen (secondary N) is 1. The normalized spacial score (nSPS) is 12.1. The summed E-state index contributed by atoms with van der Waals surface area (Å²) in [7, 11) is 0. The van der Waals surface area contributed by atoms with Gasteiger partial charge in [0.05, 0.1) is 6.54 Å². The molecule has 1 aromatic rings. The average Bonchev–Trinajstić information content (AvgIpc) is 2.18. The van der Waals surface area contributed by atoms with Crippen molar-refractivity contribution in [3.05, 3.63) is 35.1 Å². The maximum atomic E-state index is 13.0. The molecule has 0 amide bonds. The first-order valence-corrected chi connectivity index (χ1v) is 4.58. The number of hydrogen-bond donors (Lipinski definition) is 1. The molecule has 0 aliphatic rings. The van der Waals surface area contributed by atoms with Crippen molar-refractivity contribution in [2.45, 2.75) is 19.9 Å². The molecule has 1 nitrogen and oxygen atoms in total. The number of halogens is 1. The van der Waals surface area contributed by atoms with Crippen LogP contribution >= 0.6 is 0 Å². The van der Waals surface area contributed by atoms with E-state index in [2.05, 4.69) is 11.2 Å². The number of aryl methyl sites for hydroxylation is 1. The molecule has 0 saturated heterocycles. The van der Waals surface area contributed by atoms with Gasteiger partial charge in [0.15, 0.2) is 0 Å². The van der Waals surface area contributed by atoms with E-state index in [0.29, 0.717) is 12.1 Å². The Hall–Kier alpha value is -1.33. The Bertz CT molecular complexity index is 352. The van der Waals surface area contributed by atoms with Crippen LogP contribution in [0, 0.1) is 25.1 Å². The van der Waals surface area contributed by atoms with Gasteiger partial charge in [-0.2, -0.15) is 0 Å². The minimum absolute atomic E-state index is 0.158. The van der Waals surface area contributed by atoms with Crippen LogP contribution in [0.4, 0.5) is 4.39 Å². The summed E-state index contributed by atoms with van der Waals surface area (Å²) in [6.45, 7) is 4.29. The van der Waals surface area contributed by atoms with Crippen LogP contribution in [0.1, 0.15) is 24.1 Å². The maximum Gasteiger partial charge on any atom is 0.126 e. The maximum absolute atomic E-state index is 13.0. The third kappa shape index (κ3) is 2.58. The van der Waals surface area contributed by atoms with E-state index in [1.807, 2.05) is 13.0 Å². The first-order valence-electron chi connectivity index (χ1n) is 4.58. The van der Waals surface area contributed by atoms with Gasteiger partial charge in [-0.3, -0.25) is 5.32 Å². The first kappa shape index (κ1) is 10.7. The molecule has 0 radical (unpaired) electrons. The van der Waals surface area contributed by atoms with Gasteiger partial charge in [0.2, 0.25) is 0 Å². The van der Waals surface area contributed by atoms with Gasteiger partial charge < -0.3 is 0 Å². The Morgan fingerprint density at radius 2 is 2.29 bits per heavy atom. The van der Waals surface area contributed by atoms with E-state index in [1.54, 1.807) is 13.0 Å². The summed E-state index contributed by atoms with van der Waals surface area (Å²) in [5, 5.41) is 3.14. The van der Waals surface area contributed by atoms with Crippen molar-refractivity contribution >= 4 is 0 Å². The molecule has 1 atom stereocenters. The minimum Gasteiger partial charge on any atom is -0.300 e.